The third kappa shape index (κ3) is 14.2. The second-order valence-corrected chi connectivity index (χ2v) is 18.5. The molecule has 0 bridgehead atoms. The first-order chi connectivity index (χ1) is 24.2. The van der Waals surface area contributed by atoms with E-state index in [4.69, 9.17) is 5.73 Å². The van der Waals surface area contributed by atoms with Crippen molar-refractivity contribution in [2.75, 3.05) is 13.1 Å². The molecule has 0 spiro atoms. The molecule has 298 valence electrons. The third-order valence-electron chi connectivity index (χ3n) is 9.07. The molecule has 5 N–H and O–H groups in total. The highest BCUT2D eigenvalue weighted by atomic mass is 32.2. The van der Waals surface area contributed by atoms with Crippen LogP contribution in [0.1, 0.15) is 128 Å². The average Bonchev–Trinajstić information content (AvgIpc) is 3.75. The first kappa shape index (κ1) is 47.2. The average molecular weight is 769 g/mol. The van der Waals surface area contributed by atoms with Gasteiger partial charge in [-0.25, -0.2) is 13.3 Å². The minimum atomic E-state index is -1.41. The summed E-state index contributed by atoms with van der Waals surface area (Å²) in [4.78, 5) is 66.9. The Bertz CT molecular complexity index is 1320. The van der Waals surface area contributed by atoms with Crippen molar-refractivity contribution in [3.8, 4) is 0 Å². The van der Waals surface area contributed by atoms with E-state index in [0.717, 1.165) is 23.5 Å². The Morgan fingerprint density at radius 2 is 1.56 bits per heavy atom. The van der Waals surface area contributed by atoms with E-state index >= 15 is 0 Å². The molecule has 2 aliphatic rings. The highest BCUT2D eigenvalue weighted by Crippen LogP contribution is 2.31. The van der Waals surface area contributed by atoms with E-state index in [1.165, 1.54) is 22.7 Å². The highest BCUT2D eigenvalue weighted by Gasteiger charge is 2.43. The van der Waals surface area contributed by atoms with E-state index < -0.39 is 75.5 Å². The van der Waals surface area contributed by atoms with Crippen molar-refractivity contribution in [1.29, 1.82) is 0 Å². The molecule has 2 fully saturated rings. The molecule has 12 nitrogen and oxygen atoms in total. The molecule has 5 atom stereocenters. The molecule has 0 radical (unpaired) electrons. The minimum Gasteiger partial charge on any atom is -0.363 e. The quantitative estimate of drug-likeness (QED) is 0.175. The number of carbonyl (C=O) groups is 5. The van der Waals surface area contributed by atoms with Crippen molar-refractivity contribution >= 4 is 51.9 Å². The lowest BCUT2D eigenvalue weighted by atomic mass is 9.80. The maximum Gasteiger partial charge on any atom is 0.315 e. The second kappa shape index (κ2) is 21.8. The number of carbonyl (C=O) groups excluding carboxylic acids is 5. The number of nitrogens with zero attached hydrogens (tertiary/aromatic N) is 2. The molecule has 5 amide bonds. The number of Topliss-reactive ketones (excluding diaryl/α,β-unsaturated/α-hetero) is 1. The van der Waals surface area contributed by atoms with Crippen molar-refractivity contribution in [1.82, 2.24) is 25.2 Å². The number of rotatable bonds is 14. The van der Waals surface area contributed by atoms with Crippen LogP contribution in [-0.2, 0) is 30.2 Å². The fourth-order valence-electron chi connectivity index (χ4n) is 5.85. The molecular formula is C38H68N6O6S2. The second-order valence-electron chi connectivity index (χ2n) is 15.9. The van der Waals surface area contributed by atoms with Crippen LogP contribution in [0.5, 0.6) is 0 Å². The third-order valence-corrected chi connectivity index (χ3v) is 11.9. The summed E-state index contributed by atoms with van der Waals surface area (Å²) in [6.45, 7) is 24.3. The molecule has 1 saturated heterocycles. The van der Waals surface area contributed by atoms with Gasteiger partial charge in [-0.15, -0.1) is 11.3 Å². The van der Waals surface area contributed by atoms with Crippen molar-refractivity contribution in [2.45, 2.75) is 162 Å². The van der Waals surface area contributed by atoms with Crippen LogP contribution < -0.4 is 21.7 Å². The molecule has 3 rings (SSSR count). The zero-order chi connectivity index (χ0) is 40.0. The van der Waals surface area contributed by atoms with E-state index in [9.17, 15) is 28.2 Å². The maximum absolute atomic E-state index is 14.1. The van der Waals surface area contributed by atoms with E-state index in [2.05, 4.69) is 29.8 Å². The van der Waals surface area contributed by atoms with Gasteiger partial charge in [0, 0.05) is 25.2 Å². The number of nitrogens with two attached hydrogens (primary N) is 1. The number of hydrogen-bond acceptors (Lipinski definition) is 7. The van der Waals surface area contributed by atoms with E-state index in [1.54, 1.807) is 0 Å². The minimum absolute atomic E-state index is 0.0682. The summed E-state index contributed by atoms with van der Waals surface area (Å²) in [6, 6.07) is -0.206. The summed E-state index contributed by atoms with van der Waals surface area (Å²) < 4.78 is 16.0. The van der Waals surface area contributed by atoms with Crippen LogP contribution in [0.2, 0.25) is 0 Å². The molecule has 52 heavy (non-hydrogen) atoms. The molecule has 0 aromatic carbocycles. The van der Waals surface area contributed by atoms with Gasteiger partial charge in [-0.3, -0.25) is 19.2 Å². The first-order valence-corrected chi connectivity index (χ1v) is 20.9. The standard InChI is InChI=1S/C33H54N6O6S2.C3H8.C2H6/c1-20(2)39(47(45)25-15-11-17-46-25)19-24(32(3,4)5)36-31(44)37-27(33(6,7)8)30(43)38-16-10-14-23(38)29(42)35-22(26(40)28(34)41)18-21-12-9-13-21;1-3-2;1-2/h11,15,17,20-24,27H,9-10,12-14,16,18-19H2,1-8H3,(H2,34,41)(H,35,42)(H2,36,37,44);3H2,1-2H3;1-2H3. The Morgan fingerprint density at radius 3 is 2.00 bits per heavy atom. The Hall–Kier alpha value is -2.84. The van der Waals surface area contributed by atoms with Crippen LogP contribution in [0, 0.1) is 16.7 Å². The molecule has 1 aliphatic carbocycles. The molecule has 5 unspecified atom stereocenters. The Morgan fingerprint density at radius 1 is 0.962 bits per heavy atom. The molecule has 14 heteroatoms. The van der Waals surface area contributed by atoms with Gasteiger partial charge in [-0.1, -0.05) is 101 Å². The first-order valence-electron chi connectivity index (χ1n) is 19.0. The maximum atomic E-state index is 14.1. The van der Waals surface area contributed by atoms with Crippen LogP contribution in [-0.4, -0.2) is 86.2 Å². The van der Waals surface area contributed by atoms with E-state index in [1.807, 2.05) is 91.1 Å². The predicted molar refractivity (Wildman–Crippen MR) is 211 cm³/mol. The number of thiophene rings is 1. The lowest BCUT2D eigenvalue weighted by molar-refractivity contribution is -0.143. The summed E-state index contributed by atoms with van der Waals surface area (Å²) in [5.41, 5.74) is 4.15. The van der Waals surface area contributed by atoms with E-state index in [0.29, 0.717) is 32.4 Å². The van der Waals surface area contributed by atoms with E-state index in [-0.39, 0.29) is 12.0 Å². The number of primary amides is 1. The number of urea groups is 1. The van der Waals surface area contributed by atoms with Crippen LogP contribution >= 0.6 is 11.3 Å². The van der Waals surface area contributed by atoms with Crippen LogP contribution in [0.25, 0.3) is 0 Å². The predicted octanol–water partition coefficient (Wildman–Crippen LogP) is 5.77. The summed E-state index contributed by atoms with van der Waals surface area (Å²) in [5.74, 6) is -2.61. The Labute approximate surface area is 319 Å². The van der Waals surface area contributed by atoms with Gasteiger partial charge < -0.3 is 26.6 Å². The Balaban J connectivity index is 0.00000256. The van der Waals surface area contributed by atoms with Crippen molar-refractivity contribution in [2.24, 2.45) is 22.5 Å². The van der Waals surface area contributed by atoms with Gasteiger partial charge in [0.05, 0.1) is 6.04 Å². The molecular weight excluding hydrogens is 701 g/mol. The molecule has 2 heterocycles. The van der Waals surface area contributed by atoms with Gasteiger partial charge in [-0.05, 0) is 61.3 Å². The molecule has 1 saturated carbocycles. The van der Waals surface area contributed by atoms with Gasteiger partial charge in [-0.2, -0.15) is 0 Å². The summed E-state index contributed by atoms with van der Waals surface area (Å²) in [6.07, 6.45) is 5.43. The molecule has 1 aromatic heterocycles. The lowest BCUT2D eigenvalue weighted by Crippen LogP contribution is -2.62. The van der Waals surface area contributed by atoms with Gasteiger partial charge in [0.1, 0.15) is 27.3 Å². The van der Waals surface area contributed by atoms with Crippen molar-refractivity contribution < 1.29 is 28.2 Å². The fraction of sp³-hybridized carbons (Fsp3) is 0.763. The van der Waals surface area contributed by atoms with Crippen molar-refractivity contribution in [3.63, 3.8) is 0 Å². The smallest absolute Gasteiger partial charge is 0.315 e. The number of ketones is 1. The Kier molecular flexibility index (Phi) is 19.7. The summed E-state index contributed by atoms with van der Waals surface area (Å²) in [7, 11) is -1.41. The van der Waals surface area contributed by atoms with Gasteiger partial charge in [0.2, 0.25) is 17.6 Å². The normalized spacial score (nSPS) is 18.4. The van der Waals surface area contributed by atoms with Gasteiger partial charge >= 0.3 is 6.03 Å². The monoisotopic (exact) mass is 768 g/mol. The molecule has 1 aromatic rings. The number of likely N-dealkylation sites (tertiary alicyclic amines) is 1. The lowest BCUT2D eigenvalue weighted by Gasteiger charge is -2.38. The number of nitrogens with one attached hydrogen (secondary N) is 3. The van der Waals surface area contributed by atoms with Gasteiger partial charge in [0.25, 0.3) is 5.91 Å². The summed E-state index contributed by atoms with van der Waals surface area (Å²) >= 11 is 1.42. The largest absolute Gasteiger partial charge is 0.363 e. The molecule has 1 aliphatic heterocycles. The van der Waals surface area contributed by atoms with Crippen LogP contribution in [0.4, 0.5) is 4.79 Å². The zero-order valence-corrected chi connectivity index (χ0v) is 35.4. The number of amides is 5. The van der Waals surface area contributed by atoms with Crippen LogP contribution in [0.3, 0.4) is 0 Å². The highest BCUT2D eigenvalue weighted by molar-refractivity contribution is 7.85. The SMILES string of the molecule is CC.CC(C)N(CC(NC(=O)NC(C(=O)N1CCCC1C(=O)NC(CC1CCC1)C(=O)C(N)=O)C(C)(C)C)C(C)(C)C)S(=O)c1cccs1.CCC. The zero-order valence-electron chi connectivity index (χ0n) is 33.8. The fourth-order valence-corrected chi connectivity index (χ4v) is 8.17. The topological polar surface area (TPSA) is 171 Å². The number of hydrogen-bond donors (Lipinski definition) is 4. The van der Waals surface area contributed by atoms with Crippen LogP contribution in [0.15, 0.2) is 21.7 Å². The summed E-state index contributed by atoms with van der Waals surface area (Å²) in [5, 5.41) is 10.5. The van der Waals surface area contributed by atoms with Gasteiger partial charge in [0.15, 0.2) is 0 Å². The van der Waals surface area contributed by atoms with Crippen molar-refractivity contribution in [3.05, 3.63) is 17.5 Å².